The molecule has 1 aromatic carbocycles. The number of aromatic nitrogens is 1. The molecule has 2 aliphatic rings. The number of hydrogen-bond acceptors (Lipinski definition) is 6. The summed E-state index contributed by atoms with van der Waals surface area (Å²) in [4.78, 5) is 11.9. The van der Waals surface area contributed by atoms with E-state index < -0.39 is 0 Å². The van der Waals surface area contributed by atoms with Gasteiger partial charge in [0.15, 0.2) is 11.5 Å². The molecule has 2 aliphatic heterocycles. The van der Waals surface area contributed by atoms with Crippen LogP contribution in [0.4, 0.5) is 0 Å². The average Bonchev–Trinajstić information content (AvgIpc) is 3.15. The maximum Gasteiger partial charge on any atom is 0.165 e. The zero-order valence-corrected chi connectivity index (χ0v) is 20.4. The number of benzene rings is 1. The Balaban J connectivity index is 1.42. The Morgan fingerprint density at radius 1 is 1.18 bits per heavy atom. The van der Waals surface area contributed by atoms with Crippen molar-refractivity contribution in [3.63, 3.8) is 0 Å². The van der Waals surface area contributed by atoms with Gasteiger partial charge >= 0.3 is 0 Å². The van der Waals surface area contributed by atoms with Gasteiger partial charge in [0.25, 0.3) is 0 Å². The number of fused-ring (bicyclic) bond motifs is 1. The van der Waals surface area contributed by atoms with E-state index in [4.69, 9.17) is 9.47 Å². The minimum Gasteiger partial charge on any atom is -0.489 e. The molecular formula is C27H33N3O2S. The first-order chi connectivity index (χ1) is 16.1. The van der Waals surface area contributed by atoms with Gasteiger partial charge in [-0.3, -0.25) is 9.88 Å². The second kappa shape index (κ2) is 10.2. The minimum atomic E-state index is 0.568. The van der Waals surface area contributed by atoms with E-state index in [0.29, 0.717) is 12.5 Å². The summed E-state index contributed by atoms with van der Waals surface area (Å²) in [6, 6.07) is 15.0. The maximum absolute atomic E-state index is 6.49. The molecule has 5 nitrogen and oxygen atoms in total. The van der Waals surface area contributed by atoms with Crippen molar-refractivity contribution in [3.8, 4) is 21.9 Å². The first-order valence-corrected chi connectivity index (χ1v) is 12.8. The van der Waals surface area contributed by atoms with Gasteiger partial charge in [0.2, 0.25) is 0 Å². The van der Waals surface area contributed by atoms with Crippen LogP contribution in [0, 0.1) is 12.8 Å². The van der Waals surface area contributed by atoms with Gasteiger partial charge in [-0.25, -0.2) is 0 Å². The number of pyridine rings is 1. The number of thiophene rings is 1. The first-order valence-electron chi connectivity index (χ1n) is 11.9. The van der Waals surface area contributed by atoms with E-state index in [1.165, 1.54) is 40.3 Å². The Morgan fingerprint density at radius 3 is 2.91 bits per heavy atom. The third-order valence-electron chi connectivity index (χ3n) is 6.51. The normalized spacial score (nSPS) is 19.5. The molecular weight excluding hydrogens is 430 g/mol. The van der Waals surface area contributed by atoms with Crippen LogP contribution in [0.2, 0.25) is 0 Å². The molecule has 0 aliphatic carbocycles. The molecule has 2 aromatic heterocycles. The van der Waals surface area contributed by atoms with E-state index in [9.17, 15) is 0 Å². The van der Waals surface area contributed by atoms with E-state index in [-0.39, 0.29) is 0 Å². The Bertz CT molecular complexity index is 1070. The summed E-state index contributed by atoms with van der Waals surface area (Å²) in [6.07, 6.45) is 4.34. The molecule has 1 atom stereocenters. The fourth-order valence-electron chi connectivity index (χ4n) is 4.85. The van der Waals surface area contributed by atoms with Crippen molar-refractivity contribution in [1.29, 1.82) is 0 Å². The monoisotopic (exact) mass is 463 g/mol. The Kier molecular flexibility index (Phi) is 6.95. The van der Waals surface area contributed by atoms with Gasteiger partial charge in [0.1, 0.15) is 6.61 Å². The van der Waals surface area contributed by atoms with Gasteiger partial charge in [-0.1, -0.05) is 6.07 Å². The van der Waals surface area contributed by atoms with E-state index in [1.807, 2.05) is 23.6 Å². The quantitative estimate of drug-likeness (QED) is 0.500. The SMILES string of the molecule is Cc1ccc(-c2cc3c(c(OC[C@H]4CCCN(C)C4)c2)OCCN(Cc2ccccn2)C3)s1. The van der Waals surface area contributed by atoms with Crippen LogP contribution in [0.25, 0.3) is 10.4 Å². The number of piperidine rings is 1. The van der Waals surface area contributed by atoms with Crippen LogP contribution < -0.4 is 9.47 Å². The second-order valence-electron chi connectivity index (χ2n) is 9.33. The lowest BCUT2D eigenvalue weighted by molar-refractivity contribution is 0.146. The molecule has 0 amide bonds. The van der Waals surface area contributed by atoms with E-state index >= 15 is 0 Å². The summed E-state index contributed by atoms with van der Waals surface area (Å²) in [7, 11) is 2.21. The summed E-state index contributed by atoms with van der Waals surface area (Å²) in [5.41, 5.74) is 3.50. The predicted octanol–water partition coefficient (Wildman–Crippen LogP) is 5.23. The summed E-state index contributed by atoms with van der Waals surface area (Å²) in [5, 5.41) is 0. The summed E-state index contributed by atoms with van der Waals surface area (Å²) in [6.45, 7) is 8.35. The molecule has 3 aromatic rings. The Morgan fingerprint density at radius 2 is 2.12 bits per heavy atom. The van der Waals surface area contributed by atoms with Crippen LogP contribution in [0.15, 0.2) is 48.7 Å². The lowest BCUT2D eigenvalue weighted by Crippen LogP contribution is -2.34. The topological polar surface area (TPSA) is 37.8 Å². The van der Waals surface area contributed by atoms with Gasteiger partial charge in [0.05, 0.1) is 12.3 Å². The molecule has 0 N–H and O–H groups in total. The molecule has 33 heavy (non-hydrogen) atoms. The molecule has 1 fully saturated rings. The van der Waals surface area contributed by atoms with Crippen LogP contribution in [0.5, 0.6) is 11.5 Å². The lowest BCUT2D eigenvalue weighted by Gasteiger charge is -2.29. The van der Waals surface area contributed by atoms with Crippen LogP contribution in [-0.4, -0.2) is 54.7 Å². The molecule has 0 unspecified atom stereocenters. The highest BCUT2D eigenvalue weighted by Crippen LogP contribution is 2.40. The largest absolute Gasteiger partial charge is 0.489 e. The summed E-state index contributed by atoms with van der Waals surface area (Å²) < 4.78 is 12.8. The molecule has 0 bridgehead atoms. The second-order valence-corrected chi connectivity index (χ2v) is 10.6. The highest BCUT2D eigenvalue weighted by molar-refractivity contribution is 7.15. The van der Waals surface area contributed by atoms with E-state index in [0.717, 1.165) is 50.0 Å². The first kappa shape index (κ1) is 22.4. The van der Waals surface area contributed by atoms with Crippen LogP contribution in [0.3, 0.4) is 0 Å². The fourth-order valence-corrected chi connectivity index (χ4v) is 5.70. The van der Waals surface area contributed by atoms with Crippen molar-refractivity contribution >= 4 is 11.3 Å². The number of likely N-dealkylation sites (tertiary alicyclic amines) is 1. The molecule has 5 rings (SSSR count). The Labute approximate surface area is 201 Å². The third-order valence-corrected chi connectivity index (χ3v) is 7.56. The van der Waals surface area contributed by atoms with Gasteiger partial charge < -0.3 is 14.4 Å². The van der Waals surface area contributed by atoms with Gasteiger partial charge in [-0.05, 0) is 75.3 Å². The molecule has 6 heteroatoms. The van der Waals surface area contributed by atoms with Crippen molar-refractivity contribution < 1.29 is 9.47 Å². The Hall–Kier alpha value is -2.41. The van der Waals surface area contributed by atoms with Gasteiger partial charge in [-0.2, -0.15) is 0 Å². The van der Waals surface area contributed by atoms with E-state index in [1.54, 1.807) is 0 Å². The highest BCUT2D eigenvalue weighted by Gasteiger charge is 2.23. The van der Waals surface area contributed by atoms with Gasteiger partial charge in [-0.15, -0.1) is 11.3 Å². The van der Waals surface area contributed by atoms with Crippen LogP contribution in [0.1, 0.15) is 29.0 Å². The maximum atomic E-state index is 6.49. The molecule has 1 saturated heterocycles. The molecule has 0 spiro atoms. The fraction of sp³-hybridized carbons (Fsp3) is 0.444. The highest BCUT2D eigenvalue weighted by atomic mass is 32.1. The number of nitrogens with zero attached hydrogens (tertiary/aromatic N) is 3. The zero-order valence-electron chi connectivity index (χ0n) is 19.6. The zero-order chi connectivity index (χ0) is 22.6. The standard InChI is InChI=1S/C27H33N3O2S/c1-20-8-9-26(33-20)22-14-23-17-30(18-24-7-3-4-10-28-24)12-13-31-27(23)25(15-22)32-19-21-6-5-11-29(2)16-21/h3-4,7-10,14-15,21H,5-6,11-13,16-19H2,1-2H3/t21-/m0/s1. The molecule has 4 heterocycles. The number of aryl methyl sites for hydroxylation is 1. The average molecular weight is 464 g/mol. The van der Waals surface area contributed by atoms with Crippen LogP contribution in [-0.2, 0) is 13.1 Å². The van der Waals surface area contributed by atoms with Crippen molar-refractivity contribution in [3.05, 3.63) is 64.8 Å². The molecule has 0 saturated carbocycles. The predicted molar refractivity (Wildman–Crippen MR) is 134 cm³/mol. The summed E-state index contributed by atoms with van der Waals surface area (Å²) in [5.74, 6) is 2.37. The van der Waals surface area contributed by atoms with Crippen molar-refractivity contribution in [2.75, 3.05) is 39.9 Å². The molecule has 0 radical (unpaired) electrons. The number of ether oxygens (including phenoxy) is 2. The van der Waals surface area contributed by atoms with Crippen molar-refractivity contribution in [2.24, 2.45) is 5.92 Å². The smallest absolute Gasteiger partial charge is 0.165 e. The number of rotatable bonds is 6. The number of hydrogen-bond donors (Lipinski definition) is 0. The molecule has 174 valence electrons. The van der Waals surface area contributed by atoms with Gasteiger partial charge in [0, 0.05) is 53.6 Å². The third kappa shape index (κ3) is 5.57. The van der Waals surface area contributed by atoms with E-state index in [2.05, 4.69) is 65.2 Å². The lowest BCUT2D eigenvalue weighted by atomic mass is 9.99. The summed E-state index contributed by atoms with van der Waals surface area (Å²) >= 11 is 1.83. The van der Waals surface area contributed by atoms with Crippen molar-refractivity contribution in [1.82, 2.24) is 14.8 Å². The van der Waals surface area contributed by atoms with Crippen LogP contribution >= 0.6 is 11.3 Å². The van der Waals surface area contributed by atoms with Crippen molar-refractivity contribution in [2.45, 2.75) is 32.9 Å². The minimum absolute atomic E-state index is 0.568.